The molecule has 0 radical (unpaired) electrons. The van der Waals surface area contributed by atoms with E-state index in [9.17, 15) is 35.9 Å². The molecule has 0 saturated carbocycles. The highest BCUT2D eigenvalue weighted by molar-refractivity contribution is 6.76. The summed E-state index contributed by atoms with van der Waals surface area (Å²) in [6.45, 7) is 8.46. The van der Waals surface area contributed by atoms with Crippen molar-refractivity contribution in [1.29, 1.82) is 0 Å². The number of carbonyl (C=O) groups is 1. The van der Waals surface area contributed by atoms with Gasteiger partial charge in [0.05, 0.1) is 24.1 Å². The average molecular weight is 654 g/mol. The minimum absolute atomic E-state index is 0.0220. The Balaban J connectivity index is 1.44. The molecule has 3 heterocycles. The van der Waals surface area contributed by atoms with Crippen molar-refractivity contribution in [1.82, 2.24) is 25.2 Å². The SMILES string of the molecule is CC(CONC(=O)CC1CCN(c2ncc(C(F)(F)F)cn2)CC1)Nc1cnn(COCC[Si](C)(C)C)c(=O)c1C(F)(F)F. The Morgan fingerprint density at radius 1 is 1.07 bits per heavy atom. The monoisotopic (exact) mass is 653 g/mol. The highest BCUT2D eigenvalue weighted by atomic mass is 28.3. The van der Waals surface area contributed by atoms with Crippen LogP contribution in [-0.4, -0.2) is 66.1 Å². The van der Waals surface area contributed by atoms with Gasteiger partial charge in [-0.3, -0.25) is 14.4 Å². The van der Waals surface area contributed by atoms with Crippen LogP contribution in [0.1, 0.15) is 37.3 Å². The summed E-state index contributed by atoms with van der Waals surface area (Å²) in [5.74, 6) is -0.278. The fourth-order valence-electron chi connectivity index (χ4n) is 4.32. The molecule has 1 aliphatic heterocycles. The van der Waals surface area contributed by atoms with E-state index in [1.54, 1.807) is 4.90 Å². The molecule has 1 aliphatic rings. The smallest absolute Gasteiger partial charge is 0.378 e. The van der Waals surface area contributed by atoms with Crippen LogP contribution in [0, 0.1) is 5.92 Å². The van der Waals surface area contributed by atoms with Crippen molar-refractivity contribution in [2.75, 3.05) is 36.5 Å². The molecule has 2 N–H and O–H groups in total. The van der Waals surface area contributed by atoms with Gasteiger partial charge in [0.25, 0.3) is 5.56 Å². The number of nitrogens with zero attached hydrogens (tertiary/aromatic N) is 5. The summed E-state index contributed by atoms with van der Waals surface area (Å²) in [6, 6.07) is 0.0377. The van der Waals surface area contributed by atoms with E-state index in [2.05, 4.69) is 45.5 Å². The van der Waals surface area contributed by atoms with Gasteiger partial charge in [-0.15, -0.1) is 0 Å². The predicted octanol–water partition coefficient (Wildman–Crippen LogP) is 4.54. The lowest BCUT2D eigenvalue weighted by Gasteiger charge is -2.31. The summed E-state index contributed by atoms with van der Waals surface area (Å²) < 4.78 is 85.5. The zero-order chi connectivity index (χ0) is 32.7. The van der Waals surface area contributed by atoms with E-state index in [1.165, 1.54) is 6.92 Å². The second-order valence-corrected chi connectivity index (χ2v) is 17.5. The number of halogens is 6. The molecule has 246 valence electrons. The van der Waals surface area contributed by atoms with E-state index < -0.39 is 61.5 Å². The third-order valence-electron chi connectivity index (χ3n) is 6.80. The number of amides is 1. The van der Waals surface area contributed by atoms with Crippen molar-refractivity contribution < 1.29 is 40.7 Å². The first-order valence-electron chi connectivity index (χ1n) is 14.0. The summed E-state index contributed by atoms with van der Waals surface area (Å²) in [5, 5.41) is 6.38. The largest absolute Gasteiger partial charge is 0.423 e. The van der Waals surface area contributed by atoms with Crippen LogP contribution in [0.15, 0.2) is 23.4 Å². The van der Waals surface area contributed by atoms with Gasteiger partial charge in [0.15, 0.2) is 0 Å². The normalized spacial score (nSPS) is 15.7. The van der Waals surface area contributed by atoms with E-state index in [4.69, 9.17) is 9.57 Å². The van der Waals surface area contributed by atoms with E-state index in [0.29, 0.717) is 37.2 Å². The Hall–Kier alpha value is -3.25. The van der Waals surface area contributed by atoms with Crippen LogP contribution in [0.5, 0.6) is 0 Å². The lowest BCUT2D eigenvalue weighted by molar-refractivity contribution is -0.139. The van der Waals surface area contributed by atoms with Gasteiger partial charge in [0.1, 0.15) is 12.3 Å². The van der Waals surface area contributed by atoms with Crippen LogP contribution in [0.3, 0.4) is 0 Å². The molecule has 11 nitrogen and oxygen atoms in total. The van der Waals surface area contributed by atoms with E-state index in [1.807, 2.05) is 0 Å². The van der Waals surface area contributed by atoms with Crippen LogP contribution >= 0.6 is 0 Å². The van der Waals surface area contributed by atoms with Crippen LogP contribution in [0.4, 0.5) is 38.0 Å². The second-order valence-electron chi connectivity index (χ2n) is 11.9. The van der Waals surface area contributed by atoms with Gasteiger partial charge in [0, 0.05) is 52.6 Å². The number of hydrogen-bond acceptors (Lipinski definition) is 9. The maximum atomic E-state index is 13.8. The number of aromatic nitrogens is 4. The molecule has 1 atom stereocenters. The molecule has 1 saturated heterocycles. The molecule has 2 aromatic heterocycles. The van der Waals surface area contributed by atoms with Crippen LogP contribution in [0.25, 0.3) is 0 Å². The molecule has 2 aromatic rings. The Bertz CT molecular complexity index is 1290. The number of hydrogen-bond donors (Lipinski definition) is 2. The fraction of sp³-hybridized carbons (Fsp3) is 0.654. The number of hydroxylamine groups is 1. The molecular formula is C26H37F6N7O4Si. The van der Waals surface area contributed by atoms with Gasteiger partial charge in [-0.05, 0) is 31.7 Å². The predicted molar refractivity (Wildman–Crippen MR) is 151 cm³/mol. The highest BCUT2D eigenvalue weighted by Crippen LogP contribution is 2.32. The summed E-state index contributed by atoms with van der Waals surface area (Å²) >= 11 is 0. The second kappa shape index (κ2) is 14.7. The van der Waals surface area contributed by atoms with Crippen molar-refractivity contribution in [3.8, 4) is 0 Å². The van der Waals surface area contributed by atoms with Crippen molar-refractivity contribution >= 4 is 25.6 Å². The van der Waals surface area contributed by atoms with E-state index in [-0.39, 0.29) is 24.9 Å². The number of carbonyl (C=O) groups excluding carboxylic acids is 1. The van der Waals surface area contributed by atoms with Crippen LogP contribution in [0.2, 0.25) is 25.7 Å². The first kappa shape index (κ1) is 35.2. The topological polar surface area (TPSA) is 124 Å². The molecule has 1 unspecified atom stereocenters. The van der Waals surface area contributed by atoms with Gasteiger partial charge in [0.2, 0.25) is 11.9 Å². The molecule has 1 fully saturated rings. The Kier molecular flexibility index (Phi) is 11.8. The number of rotatable bonds is 13. The van der Waals surface area contributed by atoms with Gasteiger partial charge in [-0.25, -0.2) is 20.1 Å². The standard InChI is InChI=1S/C26H37F6N7O4Si/c1-17(36-20-14-35-39(16-42-9-10-44(2,3)4)23(41)22(20)26(30,31)32)15-43-37-21(40)11-18-5-7-38(8-6-18)24-33-12-19(13-34-24)25(27,28)29/h12-14,17-18,36H,5-11,15-16H2,1-4H3,(H,37,40). The first-order chi connectivity index (χ1) is 20.4. The number of ether oxygens (including phenoxy) is 1. The molecule has 0 bridgehead atoms. The maximum Gasteiger partial charge on any atom is 0.423 e. The van der Waals surface area contributed by atoms with E-state index >= 15 is 0 Å². The van der Waals surface area contributed by atoms with Crippen molar-refractivity contribution in [3.63, 3.8) is 0 Å². The van der Waals surface area contributed by atoms with Crippen molar-refractivity contribution in [2.24, 2.45) is 5.92 Å². The van der Waals surface area contributed by atoms with Crippen molar-refractivity contribution in [2.45, 2.75) is 77.0 Å². The van der Waals surface area contributed by atoms with Gasteiger partial charge in [-0.2, -0.15) is 31.4 Å². The number of piperidine rings is 1. The molecule has 1 amide bonds. The molecule has 3 rings (SSSR count). The summed E-state index contributed by atoms with van der Waals surface area (Å²) in [5.41, 5.74) is -1.93. The van der Waals surface area contributed by atoms with Crippen LogP contribution < -0.4 is 21.3 Å². The molecular weight excluding hydrogens is 616 g/mol. The average Bonchev–Trinajstić information content (AvgIpc) is 2.91. The number of anilines is 2. The molecule has 0 aliphatic carbocycles. The minimum atomic E-state index is -4.95. The van der Waals surface area contributed by atoms with Gasteiger partial charge >= 0.3 is 12.4 Å². The molecule has 44 heavy (non-hydrogen) atoms. The third-order valence-corrected chi connectivity index (χ3v) is 8.50. The van der Waals surface area contributed by atoms with E-state index in [0.717, 1.165) is 24.6 Å². The first-order valence-corrected chi connectivity index (χ1v) is 17.7. The molecule has 0 aromatic carbocycles. The highest BCUT2D eigenvalue weighted by Gasteiger charge is 2.38. The fourth-order valence-corrected chi connectivity index (χ4v) is 5.08. The number of nitrogens with one attached hydrogen (secondary N) is 2. The number of alkyl halides is 6. The zero-order valence-electron chi connectivity index (χ0n) is 24.9. The molecule has 18 heteroatoms. The zero-order valence-corrected chi connectivity index (χ0v) is 25.9. The van der Waals surface area contributed by atoms with Gasteiger partial charge < -0.3 is 15.0 Å². The van der Waals surface area contributed by atoms with Gasteiger partial charge in [-0.1, -0.05) is 19.6 Å². The summed E-state index contributed by atoms with van der Waals surface area (Å²) in [6.07, 6.45) is -5.86. The minimum Gasteiger partial charge on any atom is -0.378 e. The Labute approximate surface area is 251 Å². The Morgan fingerprint density at radius 3 is 2.27 bits per heavy atom. The van der Waals surface area contributed by atoms with Crippen molar-refractivity contribution in [3.05, 3.63) is 40.1 Å². The van der Waals surface area contributed by atoms with Crippen LogP contribution in [-0.2, 0) is 33.5 Å². The maximum absolute atomic E-state index is 13.8. The Morgan fingerprint density at radius 2 is 1.70 bits per heavy atom. The third kappa shape index (κ3) is 10.7. The quantitative estimate of drug-likeness (QED) is 0.139. The summed E-state index contributed by atoms with van der Waals surface area (Å²) in [7, 11) is -1.42. The molecule has 0 spiro atoms. The summed E-state index contributed by atoms with van der Waals surface area (Å²) in [4.78, 5) is 39.4. The lowest BCUT2D eigenvalue weighted by atomic mass is 9.93. The lowest BCUT2D eigenvalue weighted by Crippen LogP contribution is -2.38.